The fourth-order valence-electron chi connectivity index (χ4n) is 2.14. The molecule has 90 valence electrons. The number of aromatic nitrogens is 2. The molecular formula is C14H13N3S. The van der Waals surface area contributed by atoms with Crippen LogP contribution in [0.15, 0.2) is 29.6 Å². The minimum Gasteiger partial charge on any atom is -0.375 e. The molecule has 18 heavy (non-hydrogen) atoms. The maximum atomic E-state index is 5.72. The van der Waals surface area contributed by atoms with Crippen molar-refractivity contribution >= 4 is 27.4 Å². The van der Waals surface area contributed by atoms with Gasteiger partial charge in [0.1, 0.15) is 0 Å². The lowest BCUT2D eigenvalue weighted by Crippen LogP contribution is -1.91. The Bertz CT molecular complexity index is 731. The molecule has 0 amide bonds. The summed E-state index contributed by atoms with van der Waals surface area (Å²) in [6.45, 7) is 4.08. The number of para-hydroxylation sites is 1. The maximum absolute atomic E-state index is 5.72. The second-order valence-corrected chi connectivity index (χ2v) is 5.24. The Morgan fingerprint density at radius 2 is 2.00 bits per heavy atom. The number of thiazole rings is 1. The van der Waals surface area contributed by atoms with E-state index in [1.807, 2.05) is 18.4 Å². The highest BCUT2D eigenvalue weighted by Gasteiger charge is 2.10. The van der Waals surface area contributed by atoms with Crippen LogP contribution in [0, 0.1) is 13.8 Å². The van der Waals surface area contributed by atoms with E-state index >= 15 is 0 Å². The Morgan fingerprint density at radius 1 is 1.17 bits per heavy atom. The molecule has 2 N–H and O–H groups in total. The van der Waals surface area contributed by atoms with Gasteiger partial charge in [-0.1, -0.05) is 18.2 Å². The van der Waals surface area contributed by atoms with Crippen molar-refractivity contribution in [3.63, 3.8) is 0 Å². The highest BCUT2D eigenvalue weighted by molar-refractivity contribution is 7.13. The summed E-state index contributed by atoms with van der Waals surface area (Å²) in [7, 11) is 0. The first kappa shape index (κ1) is 11.2. The van der Waals surface area contributed by atoms with Crippen LogP contribution in [0.3, 0.4) is 0 Å². The van der Waals surface area contributed by atoms with Crippen LogP contribution in [0.25, 0.3) is 22.2 Å². The van der Waals surface area contributed by atoms with Gasteiger partial charge in [0.15, 0.2) is 5.13 Å². The molecule has 0 aliphatic heterocycles. The van der Waals surface area contributed by atoms with E-state index in [0.717, 1.165) is 27.9 Å². The average Bonchev–Trinajstić information content (AvgIpc) is 2.76. The van der Waals surface area contributed by atoms with Crippen molar-refractivity contribution in [2.24, 2.45) is 0 Å². The predicted octanol–water partition coefficient (Wildman–Crippen LogP) is 3.56. The maximum Gasteiger partial charge on any atom is 0.180 e. The molecule has 0 aliphatic rings. The van der Waals surface area contributed by atoms with Gasteiger partial charge in [0.05, 0.1) is 11.2 Å². The summed E-state index contributed by atoms with van der Waals surface area (Å²) in [5.74, 6) is 0. The Kier molecular flexibility index (Phi) is 2.52. The summed E-state index contributed by atoms with van der Waals surface area (Å²) in [6, 6.07) is 8.28. The Hall–Kier alpha value is -1.94. The van der Waals surface area contributed by atoms with Crippen molar-refractivity contribution < 1.29 is 0 Å². The number of anilines is 1. The zero-order chi connectivity index (χ0) is 12.7. The summed E-state index contributed by atoms with van der Waals surface area (Å²) in [4.78, 5) is 8.98. The first-order valence-electron chi connectivity index (χ1n) is 5.73. The van der Waals surface area contributed by atoms with E-state index in [0.29, 0.717) is 5.13 Å². The Morgan fingerprint density at radius 3 is 2.72 bits per heavy atom. The number of fused-ring (bicyclic) bond motifs is 1. The van der Waals surface area contributed by atoms with Crippen LogP contribution in [0.1, 0.15) is 11.3 Å². The Labute approximate surface area is 109 Å². The third-order valence-corrected chi connectivity index (χ3v) is 3.64. The van der Waals surface area contributed by atoms with Crippen LogP contribution in [0.2, 0.25) is 0 Å². The van der Waals surface area contributed by atoms with Gasteiger partial charge in [0, 0.05) is 22.0 Å². The van der Waals surface area contributed by atoms with Gasteiger partial charge in [0.25, 0.3) is 0 Å². The molecule has 1 aromatic carbocycles. The van der Waals surface area contributed by atoms with Gasteiger partial charge in [-0.15, -0.1) is 11.3 Å². The second-order valence-electron chi connectivity index (χ2n) is 4.35. The van der Waals surface area contributed by atoms with Crippen molar-refractivity contribution in [3.05, 3.63) is 40.9 Å². The fraction of sp³-hybridized carbons (Fsp3) is 0.143. The van der Waals surface area contributed by atoms with E-state index in [9.17, 15) is 0 Å². The summed E-state index contributed by atoms with van der Waals surface area (Å²) >= 11 is 1.46. The van der Waals surface area contributed by atoms with Crippen molar-refractivity contribution in [2.45, 2.75) is 13.8 Å². The molecule has 0 spiro atoms. The van der Waals surface area contributed by atoms with Crippen molar-refractivity contribution in [1.82, 2.24) is 9.97 Å². The molecular weight excluding hydrogens is 242 g/mol. The lowest BCUT2D eigenvalue weighted by molar-refractivity contribution is 1.24. The lowest BCUT2D eigenvalue weighted by atomic mass is 10.0. The lowest BCUT2D eigenvalue weighted by Gasteiger charge is -2.07. The van der Waals surface area contributed by atoms with E-state index in [-0.39, 0.29) is 0 Å². The van der Waals surface area contributed by atoms with Gasteiger partial charge in [-0.2, -0.15) is 0 Å². The van der Waals surface area contributed by atoms with Crippen molar-refractivity contribution in [1.29, 1.82) is 0 Å². The summed E-state index contributed by atoms with van der Waals surface area (Å²) in [6.07, 6.45) is 0. The predicted molar refractivity (Wildman–Crippen MR) is 76.7 cm³/mol. The topological polar surface area (TPSA) is 51.8 Å². The number of nitrogens with zero attached hydrogens (tertiary/aromatic N) is 2. The van der Waals surface area contributed by atoms with Crippen LogP contribution in [-0.2, 0) is 0 Å². The number of hydrogen-bond donors (Lipinski definition) is 1. The molecule has 0 radical (unpaired) electrons. The van der Waals surface area contributed by atoms with E-state index in [2.05, 4.69) is 35.1 Å². The third-order valence-electron chi connectivity index (χ3n) is 2.97. The van der Waals surface area contributed by atoms with Crippen LogP contribution in [-0.4, -0.2) is 9.97 Å². The van der Waals surface area contributed by atoms with Crippen LogP contribution < -0.4 is 5.73 Å². The van der Waals surface area contributed by atoms with E-state index < -0.39 is 0 Å². The monoisotopic (exact) mass is 255 g/mol. The summed E-state index contributed by atoms with van der Waals surface area (Å²) in [5.41, 5.74) is 11.0. The van der Waals surface area contributed by atoms with Crippen LogP contribution in [0.5, 0.6) is 0 Å². The van der Waals surface area contributed by atoms with Crippen molar-refractivity contribution in [3.8, 4) is 11.3 Å². The van der Waals surface area contributed by atoms with Gasteiger partial charge in [-0.05, 0) is 25.5 Å². The molecule has 0 atom stereocenters. The standard InChI is InChI=1S/C14H13N3S/c1-8-4-3-5-10-11(6-9(2)16-13(8)10)12-7-18-14(15)17-12/h3-7H,1-2H3,(H2,15,17). The van der Waals surface area contributed by atoms with Gasteiger partial charge < -0.3 is 5.73 Å². The minimum absolute atomic E-state index is 0.597. The minimum atomic E-state index is 0.597. The number of nitrogen functional groups attached to an aromatic ring is 1. The number of nitrogens with two attached hydrogens (primary N) is 1. The summed E-state index contributed by atoms with van der Waals surface area (Å²) in [5, 5.41) is 3.72. The third kappa shape index (κ3) is 1.75. The molecule has 3 aromatic rings. The number of hydrogen-bond acceptors (Lipinski definition) is 4. The normalized spacial score (nSPS) is 11.0. The molecule has 0 bridgehead atoms. The zero-order valence-corrected chi connectivity index (χ0v) is 11.1. The largest absolute Gasteiger partial charge is 0.375 e. The van der Waals surface area contributed by atoms with Crippen molar-refractivity contribution in [2.75, 3.05) is 5.73 Å². The zero-order valence-electron chi connectivity index (χ0n) is 10.3. The highest BCUT2D eigenvalue weighted by Crippen LogP contribution is 2.31. The highest BCUT2D eigenvalue weighted by atomic mass is 32.1. The molecule has 0 unspecified atom stereocenters. The number of rotatable bonds is 1. The molecule has 3 rings (SSSR count). The number of benzene rings is 1. The average molecular weight is 255 g/mol. The first-order valence-corrected chi connectivity index (χ1v) is 6.61. The Balaban J connectivity index is 2.38. The van der Waals surface area contributed by atoms with Crippen LogP contribution in [0.4, 0.5) is 5.13 Å². The van der Waals surface area contributed by atoms with E-state index in [1.54, 1.807) is 0 Å². The van der Waals surface area contributed by atoms with Gasteiger partial charge in [-0.3, -0.25) is 4.98 Å². The van der Waals surface area contributed by atoms with E-state index in [1.165, 1.54) is 16.9 Å². The quantitative estimate of drug-likeness (QED) is 0.723. The fourth-order valence-corrected chi connectivity index (χ4v) is 2.71. The van der Waals surface area contributed by atoms with E-state index in [4.69, 9.17) is 5.73 Å². The molecule has 0 saturated heterocycles. The van der Waals surface area contributed by atoms with Gasteiger partial charge in [-0.25, -0.2) is 4.98 Å². The second kappa shape index (κ2) is 4.07. The molecule has 2 heterocycles. The number of pyridine rings is 1. The molecule has 2 aromatic heterocycles. The molecule has 0 saturated carbocycles. The first-order chi connectivity index (χ1) is 8.65. The molecule has 0 aliphatic carbocycles. The SMILES string of the molecule is Cc1cc(-c2csc(N)n2)c2cccc(C)c2n1. The smallest absolute Gasteiger partial charge is 0.180 e. The van der Waals surface area contributed by atoms with Crippen LogP contribution >= 0.6 is 11.3 Å². The van der Waals surface area contributed by atoms with Gasteiger partial charge in [0.2, 0.25) is 0 Å². The molecule has 4 heteroatoms. The summed E-state index contributed by atoms with van der Waals surface area (Å²) < 4.78 is 0. The molecule has 3 nitrogen and oxygen atoms in total. The number of aryl methyl sites for hydroxylation is 2. The molecule has 0 fully saturated rings. The van der Waals surface area contributed by atoms with Gasteiger partial charge >= 0.3 is 0 Å².